The van der Waals surface area contributed by atoms with Crippen LogP contribution in [0.1, 0.15) is 43.0 Å². The number of carbonyl (C=O) groups excluding carboxylic acids is 2. The Kier molecular flexibility index (Phi) is 6.96. The summed E-state index contributed by atoms with van der Waals surface area (Å²) >= 11 is 0. The van der Waals surface area contributed by atoms with Crippen LogP contribution in [0.2, 0.25) is 0 Å². The molecule has 0 aliphatic rings. The number of amides is 1. The van der Waals surface area contributed by atoms with E-state index in [2.05, 4.69) is 0 Å². The number of Topliss-reactive ketones (excluding diaryl/α,β-unsaturated/α-hetero) is 1. The molecular formula is C26H26NO2. The molecule has 0 aromatic heterocycles. The summed E-state index contributed by atoms with van der Waals surface area (Å²) in [5.41, 5.74) is 2.53. The molecule has 1 radical (unpaired) electrons. The summed E-state index contributed by atoms with van der Waals surface area (Å²) in [6, 6.07) is 28.3. The first-order valence-electron chi connectivity index (χ1n) is 9.97. The Balaban J connectivity index is 2.14. The Morgan fingerprint density at radius 1 is 0.759 bits per heavy atom. The SMILES string of the molecule is CCCN(C(C)=O)C(C(=O)[C](c1ccccc1)c1ccccc1)c1ccccc1. The average molecular weight is 384 g/mol. The van der Waals surface area contributed by atoms with Crippen LogP contribution in [-0.2, 0) is 9.59 Å². The minimum absolute atomic E-state index is 0.0720. The highest BCUT2D eigenvalue weighted by atomic mass is 16.2. The Morgan fingerprint density at radius 2 is 1.21 bits per heavy atom. The highest BCUT2D eigenvalue weighted by Crippen LogP contribution is 2.33. The molecule has 0 fully saturated rings. The van der Waals surface area contributed by atoms with Gasteiger partial charge in [-0.1, -0.05) is 97.9 Å². The molecule has 0 aliphatic carbocycles. The van der Waals surface area contributed by atoms with Crippen LogP contribution in [-0.4, -0.2) is 23.1 Å². The van der Waals surface area contributed by atoms with E-state index >= 15 is 0 Å². The first kappa shape index (κ1) is 20.5. The summed E-state index contributed by atoms with van der Waals surface area (Å²) in [6.07, 6.45) is 0.780. The Bertz CT molecular complexity index is 883. The van der Waals surface area contributed by atoms with Crippen molar-refractivity contribution in [1.29, 1.82) is 0 Å². The molecule has 3 nitrogen and oxygen atoms in total. The molecule has 3 rings (SSSR count). The van der Waals surface area contributed by atoms with Gasteiger partial charge in [0.25, 0.3) is 0 Å². The zero-order chi connectivity index (χ0) is 20.6. The van der Waals surface area contributed by atoms with Gasteiger partial charge in [0.05, 0.1) is 0 Å². The minimum Gasteiger partial charge on any atom is -0.329 e. The van der Waals surface area contributed by atoms with Crippen molar-refractivity contribution >= 4 is 11.7 Å². The molecule has 1 atom stereocenters. The molecule has 0 bridgehead atoms. The first-order valence-corrected chi connectivity index (χ1v) is 9.97. The molecule has 3 heteroatoms. The van der Waals surface area contributed by atoms with E-state index in [9.17, 15) is 9.59 Å². The third-order valence-corrected chi connectivity index (χ3v) is 4.92. The largest absolute Gasteiger partial charge is 0.329 e. The third-order valence-electron chi connectivity index (χ3n) is 4.92. The van der Waals surface area contributed by atoms with Crippen molar-refractivity contribution in [2.75, 3.05) is 6.54 Å². The predicted molar refractivity (Wildman–Crippen MR) is 116 cm³/mol. The van der Waals surface area contributed by atoms with Crippen LogP contribution in [0.4, 0.5) is 0 Å². The summed E-state index contributed by atoms with van der Waals surface area (Å²) in [7, 11) is 0. The van der Waals surface area contributed by atoms with E-state index in [0.717, 1.165) is 23.1 Å². The molecule has 0 aliphatic heterocycles. The molecule has 1 unspecified atom stereocenters. The number of nitrogens with zero attached hydrogens (tertiary/aromatic N) is 1. The second-order valence-corrected chi connectivity index (χ2v) is 7.00. The van der Waals surface area contributed by atoms with E-state index in [1.54, 1.807) is 4.90 Å². The molecule has 29 heavy (non-hydrogen) atoms. The maximum atomic E-state index is 14.0. The molecule has 0 spiro atoms. The smallest absolute Gasteiger partial charge is 0.220 e. The van der Waals surface area contributed by atoms with Crippen molar-refractivity contribution in [2.24, 2.45) is 0 Å². The van der Waals surface area contributed by atoms with Gasteiger partial charge in [0.1, 0.15) is 12.0 Å². The van der Waals surface area contributed by atoms with E-state index in [1.807, 2.05) is 97.9 Å². The van der Waals surface area contributed by atoms with Gasteiger partial charge in [0.2, 0.25) is 5.91 Å². The molecule has 0 N–H and O–H groups in total. The fraction of sp³-hybridized carbons (Fsp3) is 0.192. The molecule has 0 saturated heterocycles. The lowest BCUT2D eigenvalue weighted by Crippen LogP contribution is -2.40. The topological polar surface area (TPSA) is 37.4 Å². The van der Waals surface area contributed by atoms with Gasteiger partial charge in [-0.15, -0.1) is 0 Å². The summed E-state index contributed by atoms with van der Waals surface area (Å²) in [5, 5.41) is 0. The van der Waals surface area contributed by atoms with E-state index in [4.69, 9.17) is 0 Å². The summed E-state index contributed by atoms with van der Waals surface area (Å²) in [6.45, 7) is 4.07. The van der Waals surface area contributed by atoms with Gasteiger partial charge >= 0.3 is 0 Å². The Morgan fingerprint density at radius 3 is 1.62 bits per heavy atom. The molecule has 0 saturated carbocycles. The van der Waals surface area contributed by atoms with Crippen molar-refractivity contribution in [3.63, 3.8) is 0 Å². The molecule has 1 amide bonds. The predicted octanol–water partition coefficient (Wildman–Crippen LogP) is 5.23. The van der Waals surface area contributed by atoms with Crippen LogP contribution in [0.5, 0.6) is 0 Å². The molecule has 147 valence electrons. The van der Waals surface area contributed by atoms with Crippen LogP contribution in [0.3, 0.4) is 0 Å². The molecular weight excluding hydrogens is 358 g/mol. The first-order chi connectivity index (χ1) is 14.1. The van der Waals surface area contributed by atoms with Gasteiger partial charge in [-0.25, -0.2) is 0 Å². The van der Waals surface area contributed by atoms with E-state index in [1.165, 1.54) is 6.92 Å². The second kappa shape index (κ2) is 9.83. The number of carbonyl (C=O) groups is 2. The standard InChI is InChI=1S/C26H26NO2/c1-3-19-27(20(2)28)25(23-17-11-6-12-18-23)26(29)24(21-13-7-4-8-14-21)22-15-9-5-10-16-22/h4-18,25H,3,19H2,1-2H3. The molecule has 0 heterocycles. The maximum Gasteiger partial charge on any atom is 0.220 e. The second-order valence-electron chi connectivity index (χ2n) is 7.00. The van der Waals surface area contributed by atoms with E-state index in [0.29, 0.717) is 12.5 Å². The zero-order valence-corrected chi connectivity index (χ0v) is 16.9. The number of benzene rings is 3. The van der Waals surface area contributed by atoms with Crippen molar-refractivity contribution in [3.05, 3.63) is 114 Å². The fourth-order valence-corrected chi connectivity index (χ4v) is 3.61. The van der Waals surface area contributed by atoms with Gasteiger partial charge in [-0.3, -0.25) is 9.59 Å². The van der Waals surface area contributed by atoms with E-state index < -0.39 is 6.04 Å². The van der Waals surface area contributed by atoms with E-state index in [-0.39, 0.29) is 11.7 Å². The van der Waals surface area contributed by atoms with Crippen molar-refractivity contribution in [3.8, 4) is 0 Å². The number of hydrogen-bond acceptors (Lipinski definition) is 2. The Hall–Kier alpha value is -3.20. The van der Waals surface area contributed by atoms with Gasteiger partial charge in [-0.05, 0) is 23.1 Å². The van der Waals surface area contributed by atoms with Crippen LogP contribution in [0.15, 0.2) is 91.0 Å². The average Bonchev–Trinajstić information content (AvgIpc) is 2.76. The van der Waals surface area contributed by atoms with Gasteiger partial charge in [-0.2, -0.15) is 0 Å². The maximum absolute atomic E-state index is 14.0. The number of hydrogen-bond donors (Lipinski definition) is 0. The monoisotopic (exact) mass is 384 g/mol. The van der Waals surface area contributed by atoms with Crippen LogP contribution in [0, 0.1) is 5.92 Å². The summed E-state index contributed by atoms with van der Waals surface area (Å²) in [5.74, 6) is 0.453. The lowest BCUT2D eigenvalue weighted by atomic mass is 9.82. The zero-order valence-electron chi connectivity index (χ0n) is 16.9. The number of ketones is 1. The number of rotatable bonds is 8. The highest BCUT2D eigenvalue weighted by molar-refractivity contribution is 6.05. The highest BCUT2D eigenvalue weighted by Gasteiger charge is 2.36. The summed E-state index contributed by atoms with van der Waals surface area (Å²) in [4.78, 5) is 28.2. The van der Waals surface area contributed by atoms with Crippen molar-refractivity contribution in [1.82, 2.24) is 4.90 Å². The lowest BCUT2D eigenvalue weighted by Gasteiger charge is -2.32. The van der Waals surface area contributed by atoms with Gasteiger partial charge in [0, 0.05) is 13.5 Å². The summed E-state index contributed by atoms with van der Waals surface area (Å²) < 4.78 is 0. The van der Waals surface area contributed by atoms with Crippen molar-refractivity contribution < 1.29 is 9.59 Å². The van der Waals surface area contributed by atoms with Crippen LogP contribution < -0.4 is 0 Å². The van der Waals surface area contributed by atoms with Crippen molar-refractivity contribution in [2.45, 2.75) is 26.3 Å². The molecule has 3 aromatic rings. The Labute approximate surface area is 173 Å². The van der Waals surface area contributed by atoms with Crippen LogP contribution >= 0.6 is 0 Å². The quantitative estimate of drug-likeness (QED) is 0.533. The van der Waals surface area contributed by atoms with Gasteiger partial charge in [0.15, 0.2) is 5.78 Å². The third kappa shape index (κ3) is 4.80. The lowest BCUT2D eigenvalue weighted by molar-refractivity contribution is -0.137. The fourth-order valence-electron chi connectivity index (χ4n) is 3.61. The minimum atomic E-state index is -0.663. The normalized spacial score (nSPS) is 11.8. The van der Waals surface area contributed by atoms with Crippen LogP contribution in [0.25, 0.3) is 0 Å². The van der Waals surface area contributed by atoms with Gasteiger partial charge < -0.3 is 4.90 Å². The molecule has 3 aromatic carbocycles.